The summed E-state index contributed by atoms with van der Waals surface area (Å²) < 4.78 is 5.34. The van der Waals surface area contributed by atoms with E-state index in [1.54, 1.807) is 72.8 Å². The van der Waals surface area contributed by atoms with Crippen LogP contribution < -0.4 is 20.7 Å². The fourth-order valence-electron chi connectivity index (χ4n) is 3.84. The van der Waals surface area contributed by atoms with Gasteiger partial charge in [-0.05, 0) is 42.0 Å². The average Bonchev–Trinajstić information content (AvgIpc) is 2.94. The third-order valence-electron chi connectivity index (χ3n) is 5.73. The van der Waals surface area contributed by atoms with Gasteiger partial charge in [0, 0.05) is 12.0 Å². The molecule has 0 aromatic heterocycles. The molecule has 4 rings (SSSR count). The topological polar surface area (TPSA) is 96.5 Å². The first-order valence-electron chi connectivity index (χ1n) is 11.8. The number of amides is 3. The lowest BCUT2D eigenvalue weighted by Gasteiger charge is -2.20. The molecule has 3 amide bonds. The maximum Gasteiger partial charge on any atom is 0.255 e. The molecule has 0 spiro atoms. The average molecular weight is 494 g/mol. The van der Waals surface area contributed by atoms with Gasteiger partial charge in [0.05, 0.1) is 24.0 Å². The van der Waals surface area contributed by atoms with Crippen LogP contribution in [0.1, 0.15) is 26.3 Å². The SMILES string of the molecule is COc1ccccc1NC(=O)C(Cc1ccccc1)NC(=O)c1ccccc1NC(=O)c1ccccc1. The molecule has 7 nitrogen and oxygen atoms in total. The number of hydrogen-bond acceptors (Lipinski definition) is 4. The minimum Gasteiger partial charge on any atom is -0.495 e. The highest BCUT2D eigenvalue weighted by Crippen LogP contribution is 2.24. The Morgan fingerprint density at radius 2 is 1.27 bits per heavy atom. The third-order valence-corrected chi connectivity index (χ3v) is 5.73. The van der Waals surface area contributed by atoms with Gasteiger partial charge in [0.25, 0.3) is 11.8 Å². The number of benzene rings is 4. The van der Waals surface area contributed by atoms with Crippen LogP contribution in [-0.4, -0.2) is 30.9 Å². The second-order valence-electron chi connectivity index (χ2n) is 8.27. The summed E-state index contributed by atoms with van der Waals surface area (Å²) >= 11 is 0. The molecule has 186 valence electrons. The zero-order valence-electron chi connectivity index (χ0n) is 20.3. The summed E-state index contributed by atoms with van der Waals surface area (Å²) in [5.74, 6) is -0.710. The maximum absolute atomic E-state index is 13.4. The van der Waals surface area contributed by atoms with E-state index >= 15 is 0 Å². The summed E-state index contributed by atoms with van der Waals surface area (Å²) in [6.07, 6.45) is 0.270. The molecule has 0 saturated heterocycles. The van der Waals surface area contributed by atoms with Crippen molar-refractivity contribution in [3.05, 3.63) is 126 Å². The number of carbonyl (C=O) groups excluding carboxylic acids is 3. The summed E-state index contributed by atoms with van der Waals surface area (Å²) in [6.45, 7) is 0. The van der Waals surface area contributed by atoms with Gasteiger partial charge in [-0.1, -0.05) is 72.8 Å². The summed E-state index contributed by atoms with van der Waals surface area (Å²) in [4.78, 5) is 39.5. The van der Waals surface area contributed by atoms with E-state index in [0.717, 1.165) is 5.56 Å². The Kier molecular flexibility index (Phi) is 8.29. The minimum absolute atomic E-state index is 0.245. The smallest absolute Gasteiger partial charge is 0.255 e. The summed E-state index contributed by atoms with van der Waals surface area (Å²) in [5.41, 5.74) is 2.44. The van der Waals surface area contributed by atoms with Crippen LogP contribution >= 0.6 is 0 Å². The number of methoxy groups -OCH3 is 1. The second kappa shape index (κ2) is 12.2. The predicted octanol–water partition coefficient (Wildman–Crippen LogP) is 4.93. The van der Waals surface area contributed by atoms with Gasteiger partial charge in [0.2, 0.25) is 5.91 Å². The first kappa shape index (κ1) is 25.2. The Balaban J connectivity index is 1.56. The Morgan fingerprint density at radius 1 is 0.676 bits per heavy atom. The standard InChI is InChI=1S/C30H27N3O4/c1-37-27-19-11-10-18-25(27)32-30(36)26(20-21-12-4-2-5-13-21)33-29(35)23-16-8-9-17-24(23)31-28(34)22-14-6-3-7-15-22/h2-19,26H,20H2,1H3,(H,31,34)(H,32,36)(H,33,35). The molecular formula is C30H27N3O4. The molecule has 37 heavy (non-hydrogen) atoms. The second-order valence-corrected chi connectivity index (χ2v) is 8.27. The zero-order chi connectivity index (χ0) is 26.0. The lowest BCUT2D eigenvalue weighted by molar-refractivity contribution is -0.118. The molecule has 0 bridgehead atoms. The summed E-state index contributed by atoms with van der Waals surface area (Å²) in [7, 11) is 1.52. The van der Waals surface area contributed by atoms with E-state index in [4.69, 9.17) is 4.74 Å². The number of para-hydroxylation sites is 3. The van der Waals surface area contributed by atoms with Crippen molar-refractivity contribution in [2.75, 3.05) is 17.7 Å². The van der Waals surface area contributed by atoms with E-state index in [0.29, 0.717) is 22.7 Å². The molecular weight excluding hydrogens is 466 g/mol. The van der Waals surface area contributed by atoms with Crippen LogP contribution in [0, 0.1) is 0 Å². The summed E-state index contributed by atoms with van der Waals surface area (Å²) in [5, 5.41) is 8.51. The van der Waals surface area contributed by atoms with Crippen molar-refractivity contribution < 1.29 is 19.1 Å². The molecule has 7 heteroatoms. The van der Waals surface area contributed by atoms with Crippen LogP contribution in [0.3, 0.4) is 0 Å². The van der Waals surface area contributed by atoms with Crippen LogP contribution in [0.4, 0.5) is 11.4 Å². The van der Waals surface area contributed by atoms with E-state index in [1.165, 1.54) is 7.11 Å². The zero-order valence-corrected chi connectivity index (χ0v) is 20.3. The fourth-order valence-corrected chi connectivity index (χ4v) is 3.84. The maximum atomic E-state index is 13.4. The number of anilines is 2. The van der Waals surface area contributed by atoms with Crippen LogP contribution in [0.2, 0.25) is 0 Å². The van der Waals surface area contributed by atoms with Crippen LogP contribution in [0.15, 0.2) is 109 Å². The van der Waals surface area contributed by atoms with Gasteiger partial charge < -0.3 is 20.7 Å². The number of rotatable bonds is 9. The lowest BCUT2D eigenvalue weighted by Crippen LogP contribution is -2.45. The number of carbonyl (C=O) groups is 3. The van der Waals surface area contributed by atoms with E-state index in [-0.39, 0.29) is 17.9 Å². The molecule has 0 saturated carbocycles. The molecule has 0 aliphatic rings. The Bertz CT molecular complexity index is 1370. The van der Waals surface area contributed by atoms with Gasteiger partial charge in [-0.2, -0.15) is 0 Å². The quantitative estimate of drug-likeness (QED) is 0.308. The third kappa shape index (κ3) is 6.61. The van der Waals surface area contributed by atoms with E-state index in [2.05, 4.69) is 16.0 Å². The Labute approximate surface area is 215 Å². The number of hydrogen-bond donors (Lipinski definition) is 3. The number of ether oxygens (including phenoxy) is 1. The molecule has 3 N–H and O–H groups in total. The Hall–Kier alpha value is -4.91. The Morgan fingerprint density at radius 3 is 1.97 bits per heavy atom. The van der Waals surface area contributed by atoms with E-state index < -0.39 is 17.9 Å². The normalized spacial score (nSPS) is 11.2. The summed E-state index contributed by atoms with van der Waals surface area (Å²) in [6, 6.07) is 31.0. The van der Waals surface area contributed by atoms with Gasteiger partial charge >= 0.3 is 0 Å². The molecule has 0 aliphatic heterocycles. The molecule has 0 radical (unpaired) electrons. The van der Waals surface area contributed by atoms with Crippen LogP contribution in [-0.2, 0) is 11.2 Å². The predicted molar refractivity (Wildman–Crippen MR) is 144 cm³/mol. The largest absolute Gasteiger partial charge is 0.495 e. The molecule has 0 heterocycles. The first-order valence-corrected chi connectivity index (χ1v) is 11.8. The van der Waals surface area contributed by atoms with Crippen LogP contribution in [0.5, 0.6) is 5.75 Å². The molecule has 4 aromatic carbocycles. The lowest BCUT2D eigenvalue weighted by atomic mass is 10.0. The van der Waals surface area contributed by atoms with Crippen molar-refractivity contribution >= 4 is 29.1 Å². The van der Waals surface area contributed by atoms with Crippen molar-refractivity contribution in [3.8, 4) is 5.75 Å². The molecule has 1 atom stereocenters. The molecule has 1 unspecified atom stereocenters. The molecule has 0 aliphatic carbocycles. The number of nitrogens with one attached hydrogen (secondary N) is 3. The highest BCUT2D eigenvalue weighted by Gasteiger charge is 2.24. The molecule has 4 aromatic rings. The van der Waals surface area contributed by atoms with Crippen LogP contribution in [0.25, 0.3) is 0 Å². The minimum atomic E-state index is -0.891. The monoisotopic (exact) mass is 493 g/mol. The highest BCUT2D eigenvalue weighted by atomic mass is 16.5. The van der Waals surface area contributed by atoms with Gasteiger partial charge in [-0.3, -0.25) is 14.4 Å². The van der Waals surface area contributed by atoms with E-state index in [9.17, 15) is 14.4 Å². The van der Waals surface area contributed by atoms with Gasteiger partial charge in [0.1, 0.15) is 11.8 Å². The van der Waals surface area contributed by atoms with Crippen molar-refractivity contribution in [1.29, 1.82) is 0 Å². The first-order chi connectivity index (χ1) is 18.0. The molecule has 0 fully saturated rings. The van der Waals surface area contributed by atoms with Gasteiger partial charge in [0.15, 0.2) is 0 Å². The van der Waals surface area contributed by atoms with Gasteiger partial charge in [-0.15, -0.1) is 0 Å². The van der Waals surface area contributed by atoms with Crippen molar-refractivity contribution in [2.24, 2.45) is 0 Å². The fraction of sp³-hybridized carbons (Fsp3) is 0.100. The van der Waals surface area contributed by atoms with Crippen molar-refractivity contribution in [3.63, 3.8) is 0 Å². The van der Waals surface area contributed by atoms with E-state index in [1.807, 2.05) is 36.4 Å². The van der Waals surface area contributed by atoms with Gasteiger partial charge in [-0.25, -0.2) is 0 Å². The van der Waals surface area contributed by atoms with Crippen molar-refractivity contribution in [2.45, 2.75) is 12.5 Å². The van der Waals surface area contributed by atoms with Crippen molar-refractivity contribution in [1.82, 2.24) is 5.32 Å². The highest BCUT2D eigenvalue weighted by molar-refractivity contribution is 6.10.